The van der Waals surface area contributed by atoms with Gasteiger partial charge in [0.15, 0.2) is 0 Å². The van der Waals surface area contributed by atoms with Gasteiger partial charge in [-0.05, 0) is 25.2 Å². The fourth-order valence-corrected chi connectivity index (χ4v) is 3.13. The van der Waals surface area contributed by atoms with Crippen LogP contribution in [0.5, 0.6) is 0 Å². The van der Waals surface area contributed by atoms with E-state index < -0.39 is 0 Å². The normalized spacial score (nSPS) is 10.6. The summed E-state index contributed by atoms with van der Waals surface area (Å²) >= 11 is 1.65. The molecule has 0 saturated heterocycles. The van der Waals surface area contributed by atoms with Crippen molar-refractivity contribution in [2.24, 2.45) is 0 Å². The van der Waals surface area contributed by atoms with Crippen molar-refractivity contribution in [3.05, 3.63) is 58.1 Å². The molecule has 0 atom stereocenters. The van der Waals surface area contributed by atoms with Crippen molar-refractivity contribution >= 4 is 11.3 Å². The van der Waals surface area contributed by atoms with E-state index in [-0.39, 0.29) is 6.61 Å². The van der Waals surface area contributed by atoms with E-state index >= 15 is 0 Å². The molecule has 2 heterocycles. The molecule has 24 heavy (non-hydrogen) atoms. The highest BCUT2D eigenvalue weighted by atomic mass is 32.1. The molecule has 122 valence electrons. The number of hydrogen-bond acceptors (Lipinski definition) is 6. The average molecular weight is 339 g/mol. The minimum atomic E-state index is -0.119. The third-order valence-electron chi connectivity index (χ3n) is 3.28. The van der Waals surface area contributed by atoms with Crippen LogP contribution in [0, 0.1) is 11.8 Å². The van der Waals surface area contributed by atoms with Crippen LogP contribution in [0.2, 0.25) is 0 Å². The highest BCUT2D eigenvalue weighted by Crippen LogP contribution is 2.19. The quantitative estimate of drug-likeness (QED) is 0.724. The molecule has 1 N–H and O–H groups in total. The molecule has 0 radical (unpaired) electrons. The lowest BCUT2D eigenvalue weighted by Gasteiger charge is -2.12. The van der Waals surface area contributed by atoms with E-state index in [1.807, 2.05) is 48.8 Å². The van der Waals surface area contributed by atoms with Crippen LogP contribution in [0.4, 0.5) is 0 Å². The number of benzene rings is 1. The molecular weight excluding hydrogens is 322 g/mol. The Morgan fingerprint density at radius 3 is 2.83 bits per heavy atom. The molecule has 2 aromatic heterocycles. The smallest absolute Gasteiger partial charge is 0.247 e. The first-order chi connectivity index (χ1) is 11.7. The van der Waals surface area contributed by atoms with E-state index in [1.165, 1.54) is 4.88 Å². The van der Waals surface area contributed by atoms with Crippen LogP contribution in [-0.2, 0) is 13.1 Å². The summed E-state index contributed by atoms with van der Waals surface area (Å²) in [4.78, 5) is 3.31. The number of aliphatic hydroxyl groups is 1. The summed E-state index contributed by atoms with van der Waals surface area (Å²) in [6, 6.07) is 11.8. The van der Waals surface area contributed by atoms with Gasteiger partial charge in [-0.25, -0.2) is 0 Å². The van der Waals surface area contributed by atoms with Gasteiger partial charge in [0.2, 0.25) is 11.8 Å². The zero-order valence-corrected chi connectivity index (χ0v) is 14.1. The number of aromatic nitrogens is 2. The van der Waals surface area contributed by atoms with Crippen LogP contribution in [0.3, 0.4) is 0 Å². The Morgan fingerprint density at radius 1 is 1.21 bits per heavy atom. The van der Waals surface area contributed by atoms with Gasteiger partial charge in [0.1, 0.15) is 6.61 Å². The topological polar surface area (TPSA) is 62.4 Å². The average Bonchev–Trinajstić information content (AvgIpc) is 3.23. The van der Waals surface area contributed by atoms with Crippen molar-refractivity contribution in [3.8, 4) is 23.3 Å². The minimum Gasteiger partial charge on any atom is -0.419 e. The highest BCUT2D eigenvalue weighted by molar-refractivity contribution is 7.10. The molecule has 0 bridgehead atoms. The molecule has 0 amide bonds. The van der Waals surface area contributed by atoms with Crippen molar-refractivity contribution in [1.82, 2.24) is 15.1 Å². The highest BCUT2D eigenvalue weighted by Gasteiger charge is 2.11. The molecule has 0 aliphatic heterocycles. The monoisotopic (exact) mass is 339 g/mol. The number of hydrogen-bond donors (Lipinski definition) is 1. The van der Waals surface area contributed by atoms with E-state index in [4.69, 9.17) is 9.52 Å². The predicted octanol–water partition coefficient (Wildman–Crippen LogP) is 2.77. The largest absolute Gasteiger partial charge is 0.419 e. The molecule has 3 rings (SSSR count). The van der Waals surface area contributed by atoms with E-state index in [9.17, 15) is 0 Å². The number of thiophene rings is 1. The van der Waals surface area contributed by atoms with Crippen molar-refractivity contribution in [2.45, 2.75) is 13.1 Å². The van der Waals surface area contributed by atoms with Gasteiger partial charge in [0.05, 0.1) is 6.54 Å². The van der Waals surface area contributed by atoms with Gasteiger partial charge in [-0.3, -0.25) is 4.90 Å². The fraction of sp³-hybridized carbons (Fsp3) is 0.222. The lowest BCUT2D eigenvalue weighted by molar-refractivity contribution is 0.285. The molecule has 5 nitrogen and oxygen atoms in total. The SMILES string of the molecule is CN(Cc1nnc(-c2ccccc2)o1)Cc1cc(C#CCO)cs1. The van der Waals surface area contributed by atoms with Crippen molar-refractivity contribution in [2.75, 3.05) is 13.7 Å². The van der Waals surface area contributed by atoms with Gasteiger partial charge in [-0.1, -0.05) is 30.0 Å². The summed E-state index contributed by atoms with van der Waals surface area (Å²) in [5.74, 6) is 6.69. The third kappa shape index (κ3) is 4.30. The maximum Gasteiger partial charge on any atom is 0.247 e. The minimum absolute atomic E-state index is 0.119. The summed E-state index contributed by atoms with van der Waals surface area (Å²) in [5, 5.41) is 18.9. The molecule has 0 aliphatic rings. The first-order valence-corrected chi connectivity index (χ1v) is 8.36. The molecule has 0 saturated carbocycles. The maximum atomic E-state index is 8.73. The third-order valence-corrected chi connectivity index (χ3v) is 4.21. The molecular formula is C18H17N3O2S. The van der Waals surface area contributed by atoms with E-state index in [2.05, 4.69) is 26.9 Å². The molecule has 0 fully saturated rings. The Balaban J connectivity index is 1.60. The Kier molecular flexibility index (Phi) is 5.39. The number of aliphatic hydroxyl groups excluding tert-OH is 1. The summed E-state index contributed by atoms with van der Waals surface area (Å²) in [6.07, 6.45) is 0. The van der Waals surface area contributed by atoms with E-state index in [0.717, 1.165) is 17.7 Å². The van der Waals surface area contributed by atoms with Crippen LogP contribution in [0.15, 0.2) is 46.2 Å². The van der Waals surface area contributed by atoms with Gasteiger partial charge in [-0.15, -0.1) is 21.5 Å². The Hall–Kier alpha value is -2.46. The molecule has 3 aromatic rings. The predicted molar refractivity (Wildman–Crippen MR) is 93.2 cm³/mol. The number of nitrogens with zero attached hydrogens (tertiary/aromatic N) is 3. The van der Waals surface area contributed by atoms with Gasteiger partial charge in [0.25, 0.3) is 0 Å². The Morgan fingerprint density at radius 2 is 2.04 bits per heavy atom. The van der Waals surface area contributed by atoms with Gasteiger partial charge in [-0.2, -0.15) is 0 Å². The second-order valence-corrected chi connectivity index (χ2v) is 6.30. The molecule has 6 heteroatoms. The van der Waals surface area contributed by atoms with Crippen molar-refractivity contribution in [1.29, 1.82) is 0 Å². The van der Waals surface area contributed by atoms with Crippen LogP contribution in [-0.4, -0.2) is 33.9 Å². The lowest BCUT2D eigenvalue weighted by atomic mass is 10.2. The van der Waals surface area contributed by atoms with Gasteiger partial charge in [0, 0.05) is 27.9 Å². The van der Waals surface area contributed by atoms with E-state index in [0.29, 0.717) is 18.3 Å². The van der Waals surface area contributed by atoms with Crippen LogP contribution in [0.25, 0.3) is 11.5 Å². The zero-order valence-electron chi connectivity index (χ0n) is 13.3. The summed E-state index contributed by atoms with van der Waals surface area (Å²) < 4.78 is 5.73. The summed E-state index contributed by atoms with van der Waals surface area (Å²) in [7, 11) is 2.01. The Labute approximate surface area is 144 Å². The second-order valence-electron chi connectivity index (χ2n) is 5.30. The molecule has 0 unspecified atom stereocenters. The Bertz CT molecular complexity index is 846. The fourth-order valence-electron chi connectivity index (χ4n) is 2.24. The van der Waals surface area contributed by atoms with Gasteiger partial charge >= 0.3 is 0 Å². The summed E-state index contributed by atoms with van der Waals surface area (Å²) in [6.45, 7) is 1.23. The second kappa shape index (κ2) is 7.88. The van der Waals surface area contributed by atoms with Crippen molar-refractivity contribution in [3.63, 3.8) is 0 Å². The van der Waals surface area contributed by atoms with Crippen molar-refractivity contribution < 1.29 is 9.52 Å². The molecule has 1 aromatic carbocycles. The van der Waals surface area contributed by atoms with Crippen LogP contribution >= 0.6 is 11.3 Å². The standard InChI is InChI=1S/C18H17N3O2S/c1-21(11-16-10-14(13-24-16)6-5-9-22)12-17-19-20-18(23-17)15-7-3-2-4-8-15/h2-4,7-8,10,13,22H,9,11-12H2,1H3. The first-order valence-electron chi connectivity index (χ1n) is 7.48. The lowest BCUT2D eigenvalue weighted by Crippen LogP contribution is -2.16. The van der Waals surface area contributed by atoms with E-state index in [1.54, 1.807) is 11.3 Å². The summed E-state index contributed by atoms with van der Waals surface area (Å²) in [5.41, 5.74) is 1.85. The van der Waals surface area contributed by atoms with Crippen LogP contribution < -0.4 is 0 Å². The van der Waals surface area contributed by atoms with Gasteiger partial charge < -0.3 is 9.52 Å². The molecule has 0 aliphatic carbocycles. The van der Waals surface area contributed by atoms with Crippen LogP contribution in [0.1, 0.15) is 16.3 Å². The maximum absolute atomic E-state index is 8.73. The molecule has 0 spiro atoms. The first kappa shape index (κ1) is 16.4. The zero-order chi connectivity index (χ0) is 16.8. The number of rotatable bonds is 5.